The van der Waals surface area contributed by atoms with Crippen LogP contribution >= 0.6 is 12.4 Å². The number of carbonyl (C=O) groups is 1. The number of aliphatic carboxylic acids is 1. The molecule has 84 valence electrons. The molecule has 0 aromatic heterocycles. The Balaban J connectivity index is 0. The first-order valence-electron chi connectivity index (χ1n) is 4.76. The van der Waals surface area contributed by atoms with Gasteiger partial charge in [-0.3, -0.25) is 0 Å². The molecule has 0 aliphatic rings. The molecule has 4 heteroatoms. The maximum Gasteiger partial charge on any atom is 0.333 e. The fraction of sp³-hybridized carbons (Fsp3) is 0.700. The van der Waals surface area contributed by atoms with Gasteiger partial charge in [-0.1, -0.05) is 6.92 Å². The summed E-state index contributed by atoms with van der Waals surface area (Å²) in [5.41, 5.74) is 1.41. The van der Waals surface area contributed by atoms with Gasteiger partial charge in [-0.15, -0.1) is 12.4 Å². The molecule has 0 amide bonds. The highest BCUT2D eigenvalue weighted by atomic mass is 35.5. The average Bonchev–Trinajstić information content (AvgIpc) is 2.12. The standard InChI is InChI=1S/C10H19NO2.ClH/c1-5-9(8(4)10(12)13)11(6-2)7-3;/h5-7H2,1-4H3,(H,12,13);1H/b9-8+;. The predicted molar refractivity (Wildman–Crippen MR) is 60.8 cm³/mol. The normalized spacial score (nSPS) is 11.4. The molecule has 0 aromatic rings. The zero-order valence-electron chi connectivity index (χ0n) is 9.33. The lowest BCUT2D eigenvalue weighted by Gasteiger charge is -2.24. The SMILES string of the molecule is CC/C(=C(/C)C(=O)O)N(CC)CC.Cl. The smallest absolute Gasteiger partial charge is 0.333 e. The van der Waals surface area contributed by atoms with E-state index in [9.17, 15) is 4.79 Å². The Labute approximate surface area is 92.2 Å². The first-order valence-corrected chi connectivity index (χ1v) is 4.76. The van der Waals surface area contributed by atoms with E-state index < -0.39 is 5.97 Å². The van der Waals surface area contributed by atoms with Crippen LogP contribution in [-0.2, 0) is 4.79 Å². The molecule has 0 saturated carbocycles. The van der Waals surface area contributed by atoms with Gasteiger partial charge in [0.25, 0.3) is 0 Å². The van der Waals surface area contributed by atoms with Crippen LogP contribution in [0, 0.1) is 0 Å². The van der Waals surface area contributed by atoms with Gasteiger partial charge in [-0.2, -0.15) is 0 Å². The fourth-order valence-electron chi connectivity index (χ4n) is 1.45. The lowest BCUT2D eigenvalue weighted by Crippen LogP contribution is -2.24. The largest absolute Gasteiger partial charge is 0.478 e. The second kappa shape index (κ2) is 7.68. The Morgan fingerprint density at radius 3 is 1.86 bits per heavy atom. The third kappa shape index (κ3) is 4.01. The van der Waals surface area contributed by atoms with Crippen LogP contribution in [-0.4, -0.2) is 29.1 Å². The lowest BCUT2D eigenvalue weighted by molar-refractivity contribution is -0.132. The Hall–Kier alpha value is -0.700. The molecular weight excluding hydrogens is 202 g/mol. The first kappa shape index (κ1) is 15.8. The van der Waals surface area contributed by atoms with Gasteiger partial charge in [0.15, 0.2) is 0 Å². The van der Waals surface area contributed by atoms with Crippen LogP contribution in [0.1, 0.15) is 34.1 Å². The van der Waals surface area contributed by atoms with Gasteiger partial charge in [-0.05, 0) is 27.2 Å². The monoisotopic (exact) mass is 221 g/mol. The molecule has 0 heterocycles. The zero-order chi connectivity index (χ0) is 10.4. The van der Waals surface area contributed by atoms with E-state index in [-0.39, 0.29) is 12.4 Å². The molecular formula is C10H20ClNO2. The second-order valence-electron chi connectivity index (χ2n) is 2.90. The van der Waals surface area contributed by atoms with Crippen LogP contribution in [0.15, 0.2) is 11.3 Å². The van der Waals surface area contributed by atoms with Gasteiger partial charge in [0.05, 0.1) is 5.57 Å². The second-order valence-corrected chi connectivity index (χ2v) is 2.90. The highest BCUT2D eigenvalue weighted by molar-refractivity contribution is 5.86. The number of carboxylic acid groups (broad SMARTS) is 1. The van der Waals surface area contributed by atoms with E-state index in [1.165, 1.54) is 0 Å². The number of hydrogen-bond donors (Lipinski definition) is 1. The predicted octanol–water partition coefficient (Wildman–Crippen LogP) is 2.52. The summed E-state index contributed by atoms with van der Waals surface area (Å²) in [6.45, 7) is 9.46. The lowest BCUT2D eigenvalue weighted by atomic mass is 10.1. The number of halogens is 1. The molecule has 3 nitrogen and oxygen atoms in total. The molecule has 0 atom stereocenters. The fourth-order valence-corrected chi connectivity index (χ4v) is 1.45. The summed E-state index contributed by atoms with van der Waals surface area (Å²) in [5, 5.41) is 8.84. The van der Waals surface area contributed by atoms with Gasteiger partial charge in [-0.25, -0.2) is 4.79 Å². The van der Waals surface area contributed by atoms with Gasteiger partial charge in [0.2, 0.25) is 0 Å². The van der Waals surface area contributed by atoms with Crippen molar-refractivity contribution in [3.63, 3.8) is 0 Å². The zero-order valence-corrected chi connectivity index (χ0v) is 10.1. The highest BCUT2D eigenvalue weighted by Gasteiger charge is 2.11. The maximum absolute atomic E-state index is 10.8. The van der Waals surface area contributed by atoms with E-state index >= 15 is 0 Å². The third-order valence-electron chi connectivity index (χ3n) is 2.23. The summed E-state index contributed by atoms with van der Waals surface area (Å²) in [6.07, 6.45) is 0.778. The number of nitrogens with zero attached hydrogens (tertiary/aromatic N) is 1. The van der Waals surface area contributed by atoms with Gasteiger partial charge < -0.3 is 10.0 Å². The van der Waals surface area contributed by atoms with Crippen LogP contribution < -0.4 is 0 Å². The molecule has 14 heavy (non-hydrogen) atoms. The molecule has 0 aromatic carbocycles. The number of carboxylic acids is 1. The summed E-state index contributed by atoms with van der Waals surface area (Å²) in [4.78, 5) is 12.8. The quantitative estimate of drug-likeness (QED) is 0.726. The molecule has 1 N–H and O–H groups in total. The van der Waals surface area contributed by atoms with E-state index in [0.29, 0.717) is 5.57 Å². The van der Waals surface area contributed by atoms with Crippen molar-refractivity contribution in [2.45, 2.75) is 34.1 Å². The van der Waals surface area contributed by atoms with Crippen LogP contribution in [0.2, 0.25) is 0 Å². The van der Waals surface area contributed by atoms with Crippen molar-refractivity contribution in [1.29, 1.82) is 0 Å². The minimum Gasteiger partial charge on any atom is -0.478 e. The van der Waals surface area contributed by atoms with Crippen molar-refractivity contribution in [3.8, 4) is 0 Å². The summed E-state index contributed by atoms with van der Waals surface area (Å²) >= 11 is 0. The van der Waals surface area contributed by atoms with Crippen molar-refractivity contribution in [1.82, 2.24) is 4.90 Å². The van der Waals surface area contributed by atoms with Crippen molar-refractivity contribution in [2.75, 3.05) is 13.1 Å². The molecule has 0 saturated heterocycles. The number of hydrogen-bond acceptors (Lipinski definition) is 2. The summed E-state index contributed by atoms with van der Waals surface area (Å²) in [7, 11) is 0. The molecule has 0 rings (SSSR count). The van der Waals surface area contributed by atoms with Crippen LogP contribution in [0.3, 0.4) is 0 Å². The Kier molecular flexibility index (Phi) is 8.65. The first-order chi connectivity index (χ1) is 6.08. The van der Waals surface area contributed by atoms with Gasteiger partial charge in [0, 0.05) is 18.8 Å². The Bertz CT molecular complexity index is 210. The molecule has 0 aliphatic heterocycles. The number of allylic oxidation sites excluding steroid dienone is 1. The van der Waals surface area contributed by atoms with E-state index in [4.69, 9.17) is 5.11 Å². The van der Waals surface area contributed by atoms with Crippen molar-refractivity contribution in [2.24, 2.45) is 0 Å². The topological polar surface area (TPSA) is 40.5 Å². The van der Waals surface area contributed by atoms with Crippen LogP contribution in [0.4, 0.5) is 0 Å². The van der Waals surface area contributed by atoms with Crippen molar-refractivity contribution >= 4 is 18.4 Å². The Morgan fingerprint density at radius 2 is 1.64 bits per heavy atom. The van der Waals surface area contributed by atoms with Gasteiger partial charge in [0.1, 0.15) is 0 Å². The summed E-state index contributed by atoms with van der Waals surface area (Å²) < 4.78 is 0. The third-order valence-corrected chi connectivity index (χ3v) is 2.23. The maximum atomic E-state index is 10.8. The van der Waals surface area contributed by atoms with Gasteiger partial charge >= 0.3 is 5.97 Å². The van der Waals surface area contributed by atoms with E-state index in [1.54, 1.807) is 6.92 Å². The minimum atomic E-state index is -0.816. The number of rotatable bonds is 5. The molecule has 0 spiro atoms. The van der Waals surface area contributed by atoms with E-state index in [1.807, 2.05) is 20.8 Å². The molecule has 0 bridgehead atoms. The van der Waals surface area contributed by atoms with Crippen LogP contribution in [0.25, 0.3) is 0 Å². The van der Waals surface area contributed by atoms with Crippen molar-refractivity contribution < 1.29 is 9.90 Å². The van der Waals surface area contributed by atoms with E-state index in [2.05, 4.69) is 4.90 Å². The van der Waals surface area contributed by atoms with Crippen LogP contribution in [0.5, 0.6) is 0 Å². The van der Waals surface area contributed by atoms with Crippen molar-refractivity contribution in [3.05, 3.63) is 11.3 Å². The molecule has 0 fully saturated rings. The molecule has 0 unspecified atom stereocenters. The highest BCUT2D eigenvalue weighted by Crippen LogP contribution is 2.13. The minimum absolute atomic E-state index is 0. The summed E-state index contributed by atoms with van der Waals surface area (Å²) in [5.74, 6) is -0.816. The molecule has 0 radical (unpaired) electrons. The molecule has 0 aliphatic carbocycles. The Morgan fingerprint density at radius 1 is 1.21 bits per heavy atom. The summed E-state index contributed by atoms with van der Waals surface area (Å²) in [6, 6.07) is 0. The average molecular weight is 222 g/mol. The van der Waals surface area contributed by atoms with E-state index in [0.717, 1.165) is 25.2 Å².